The fourth-order valence-corrected chi connectivity index (χ4v) is 5.08. The first-order chi connectivity index (χ1) is 12.5. The van der Waals surface area contributed by atoms with E-state index in [0.29, 0.717) is 18.9 Å². The van der Waals surface area contributed by atoms with Crippen LogP contribution in [0.4, 0.5) is 0 Å². The predicted octanol–water partition coefficient (Wildman–Crippen LogP) is 3.58. The number of amides is 1. The first kappa shape index (κ1) is 19.1. The minimum atomic E-state index is -0.558. The number of rotatable bonds is 6. The summed E-state index contributed by atoms with van der Waals surface area (Å²) in [4.78, 5) is 21.3. The van der Waals surface area contributed by atoms with Gasteiger partial charge in [0.25, 0.3) is 5.91 Å². The zero-order valence-corrected chi connectivity index (χ0v) is 16.8. The zero-order valence-electron chi connectivity index (χ0n) is 15.9. The van der Waals surface area contributed by atoms with Gasteiger partial charge in [0.05, 0.1) is 4.88 Å². The largest absolute Gasteiger partial charge is 0.385 e. The number of carbonyl (C=O) groups is 1. The lowest BCUT2D eigenvalue weighted by molar-refractivity contribution is 0.0423. The number of aliphatic hydroxyl groups excluding tert-OH is 1. The first-order valence-electron chi connectivity index (χ1n) is 9.61. The Morgan fingerprint density at radius 3 is 2.69 bits per heavy atom. The third-order valence-electron chi connectivity index (χ3n) is 5.36. The molecule has 1 aliphatic rings. The Labute approximate surface area is 159 Å². The molecule has 1 unspecified atom stereocenters. The van der Waals surface area contributed by atoms with Gasteiger partial charge in [0, 0.05) is 37.4 Å². The number of hydrogen-bond donors (Lipinski definition) is 1. The molecule has 3 rings (SSSR count). The molecule has 1 fully saturated rings. The molecule has 1 aliphatic heterocycles. The van der Waals surface area contributed by atoms with Gasteiger partial charge in [-0.2, -0.15) is 0 Å². The van der Waals surface area contributed by atoms with Crippen LogP contribution in [-0.4, -0.2) is 38.6 Å². The third-order valence-corrected chi connectivity index (χ3v) is 6.59. The number of aryl methyl sites for hydroxylation is 3. The number of thiophene rings is 1. The summed E-state index contributed by atoms with van der Waals surface area (Å²) in [6, 6.07) is 2.09. The number of hydrogen-bond acceptors (Lipinski definition) is 4. The molecule has 1 saturated heterocycles. The van der Waals surface area contributed by atoms with Gasteiger partial charge in [0.2, 0.25) is 0 Å². The Hall–Kier alpha value is -1.66. The van der Waals surface area contributed by atoms with Crippen molar-refractivity contribution in [3.05, 3.63) is 39.6 Å². The molecule has 0 spiro atoms. The molecule has 2 aromatic rings. The van der Waals surface area contributed by atoms with Gasteiger partial charge in [-0.3, -0.25) is 4.79 Å². The molecule has 26 heavy (non-hydrogen) atoms. The fraction of sp³-hybridized carbons (Fsp3) is 0.600. The second-order valence-corrected chi connectivity index (χ2v) is 8.27. The number of imidazole rings is 1. The van der Waals surface area contributed by atoms with E-state index in [9.17, 15) is 9.90 Å². The second kappa shape index (κ2) is 8.35. The van der Waals surface area contributed by atoms with Gasteiger partial charge in [-0.1, -0.05) is 20.3 Å². The molecular formula is C20H29N3O2S. The van der Waals surface area contributed by atoms with E-state index in [1.54, 1.807) is 17.5 Å². The maximum absolute atomic E-state index is 12.9. The van der Waals surface area contributed by atoms with E-state index in [1.165, 1.54) is 10.4 Å². The van der Waals surface area contributed by atoms with E-state index < -0.39 is 6.10 Å². The maximum atomic E-state index is 12.9. The fourth-order valence-electron chi connectivity index (χ4n) is 3.76. The summed E-state index contributed by atoms with van der Waals surface area (Å²) < 4.78 is 1.87. The smallest absolute Gasteiger partial charge is 0.263 e. The molecule has 1 N–H and O–H groups in total. The molecule has 0 aliphatic carbocycles. The van der Waals surface area contributed by atoms with Crippen LogP contribution < -0.4 is 0 Å². The summed E-state index contributed by atoms with van der Waals surface area (Å²) in [5, 5.41) is 10.6. The van der Waals surface area contributed by atoms with Crippen LogP contribution in [0.5, 0.6) is 0 Å². The molecule has 1 amide bonds. The van der Waals surface area contributed by atoms with Crippen molar-refractivity contribution >= 4 is 17.2 Å². The Kier molecular flexibility index (Phi) is 6.14. The summed E-state index contributed by atoms with van der Waals surface area (Å²) in [5.74, 6) is 1.02. The first-order valence-corrected chi connectivity index (χ1v) is 10.4. The lowest BCUT2D eigenvalue weighted by Crippen LogP contribution is -2.39. The van der Waals surface area contributed by atoms with Gasteiger partial charge in [-0.05, 0) is 43.2 Å². The molecule has 0 bridgehead atoms. The Bertz CT molecular complexity index is 744. The van der Waals surface area contributed by atoms with E-state index in [2.05, 4.69) is 24.9 Å². The quantitative estimate of drug-likeness (QED) is 0.839. The number of carbonyl (C=O) groups excluding carboxylic acids is 1. The van der Waals surface area contributed by atoms with E-state index in [4.69, 9.17) is 0 Å². The van der Waals surface area contributed by atoms with Crippen molar-refractivity contribution in [1.29, 1.82) is 0 Å². The van der Waals surface area contributed by atoms with Gasteiger partial charge in [0.15, 0.2) is 0 Å². The lowest BCUT2D eigenvalue weighted by Gasteiger charge is -2.33. The van der Waals surface area contributed by atoms with Gasteiger partial charge in [0.1, 0.15) is 11.9 Å². The highest BCUT2D eigenvalue weighted by Crippen LogP contribution is 2.31. The van der Waals surface area contributed by atoms with E-state index in [-0.39, 0.29) is 11.8 Å². The SMILES string of the molecule is CCCc1sc(C(=O)N2CCC(C(O)c3nccn3C)CC2)cc1CC. The van der Waals surface area contributed by atoms with Crippen LogP contribution in [0.15, 0.2) is 18.5 Å². The zero-order chi connectivity index (χ0) is 18.7. The Morgan fingerprint density at radius 1 is 1.38 bits per heavy atom. The summed E-state index contributed by atoms with van der Waals surface area (Å²) in [6.07, 6.45) is 7.78. The van der Waals surface area contributed by atoms with Crippen LogP contribution in [0, 0.1) is 5.92 Å². The second-order valence-electron chi connectivity index (χ2n) is 7.13. The van der Waals surface area contributed by atoms with Crippen LogP contribution in [0.25, 0.3) is 0 Å². The van der Waals surface area contributed by atoms with E-state index in [1.807, 2.05) is 22.7 Å². The van der Waals surface area contributed by atoms with Crippen molar-refractivity contribution in [1.82, 2.24) is 14.5 Å². The monoisotopic (exact) mass is 375 g/mol. The van der Waals surface area contributed by atoms with Crippen molar-refractivity contribution in [3.8, 4) is 0 Å². The number of aromatic nitrogens is 2. The average Bonchev–Trinajstić information content (AvgIpc) is 3.27. The molecule has 6 heteroatoms. The molecule has 0 radical (unpaired) electrons. The summed E-state index contributed by atoms with van der Waals surface area (Å²) in [7, 11) is 1.90. The van der Waals surface area contributed by atoms with Crippen LogP contribution in [0.1, 0.15) is 65.2 Å². The van der Waals surface area contributed by atoms with Crippen LogP contribution in [-0.2, 0) is 19.9 Å². The molecule has 1 atom stereocenters. The van der Waals surface area contributed by atoms with Crippen molar-refractivity contribution in [2.45, 2.75) is 52.1 Å². The lowest BCUT2D eigenvalue weighted by atomic mass is 9.90. The van der Waals surface area contributed by atoms with Crippen LogP contribution in [0.3, 0.4) is 0 Å². The van der Waals surface area contributed by atoms with Crippen molar-refractivity contribution in [3.63, 3.8) is 0 Å². The van der Waals surface area contributed by atoms with Crippen molar-refractivity contribution in [2.24, 2.45) is 13.0 Å². The third kappa shape index (κ3) is 3.86. The van der Waals surface area contributed by atoms with Crippen LogP contribution in [0.2, 0.25) is 0 Å². The van der Waals surface area contributed by atoms with Gasteiger partial charge >= 0.3 is 0 Å². The van der Waals surface area contributed by atoms with Gasteiger partial charge < -0.3 is 14.6 Å². The highest BCUT2D eigenvalue weighted by Gasteiger charge is 2.31. The number of nitrogens with zero attached hydrogens (tertiary/aromatic N) is 3. The minimum Gasteiger partial charge on any atom is -0.385 e. The number of piperidine rings is 1. The molecule has 5 nitrogen and oxygen atoms in total. The summed E-state index contributed by atoms with van der Waals surface area (Å²) in [6.45, 7) is 5.74. The average molecular weight is 376 g/mol. The maximum Gasteiger partial charge on any atom is 0.263 e. The minimum absolute atomic E-state index is 0.150. The Balaban J connectivity index is 1.62. The van der Waals surface area contributed by atoms with E-state index >= 15 is 0 Å². The number of aliphatic hydroxyl groups is 1. The van der Waals surface area contributed by atoms with E-state index in [0.717, 1.165) is 37.0 Å². The molecule has 0 aromatic carbocycles. The summed E-state index contributed by atoms with van der Waals surface area (Å²) in [5.41, 5.74) is 1.32. The molecule has 2 aromatic heterocycles. The Morgan fingerprint density at radius 2 is 2.12 bits per heavy atom. The molecule has 3 heterocycles. The standard InChI is InChI=1S/C20H29N3O2S/c1-4-6-16-14(5-2)13-17(26-16)20(25)23-10-7-15(8-11-23)18(24)19-21-9-12-22(19)3/h9,12-13,15,18,24H,4-8,10-11H2,1-3H3. The summed E-state index contributed by atoms with van der Waals surface area (Å²) >= 11 is 1.66. The predicted molar refractivity (Wildman–Crippen MR) is 104 cm³/mol. The van der Waals surface area contributed by atoms with Crippen molar-refractivity contribution < 1.29 is 9.90 Å². The van der Waals surface area contributed by atoms with Crippen molar-refractivity contribution in [2.75, 3.05) is 13.1 Å². The molecular weight excluding hydrogens is 346 g/mol. The number of likely N-dealkylation sites (tertiary alicyclic amines) is 1. The van der Waals surface area contributed by atoms with Gasteiger partial charge in [-0.25, -0.2) is 4.98 Å². The molecule has 0 saturated carbocycles. The van der Waals surface area contributed by atoms with Crippen LogP contribution >= 0.6 is 11.3 Å². The molecule has 142 valence electrons. The highest BCUT2D eigenvalue weighted by atomic mass is 32.1. The topological polar surface area (TPSA) is 58.4 Å². The normalized spacial score (nSPS) is 16.8. The van der Waals surface area contributed by atoms with Gasteiger partial charge in [-0.15, -0.1) is 11.3 Å². The highest BCUT2D eigenvalue weighted by molar-refractivity contribution is 7.14.